The lowest BCUT2D eigenvalue weighted by molar-refractivity contribution is -0.385. The molecule has 5 nitrogen and oxygen atoms in total. The maximum Gasteiger partial charge on any atom is 0.277 e. The second kappa shape index (κ2) is 6.89. The molecule has 0 aliphatic carbocycles. The third-order valence-electron chi connectivity index (χ3n) is 2.86. The molecule has 0 amide bonds. The molecule has 2 rings (SSSR count). The number of nitro groups is 1. The van der Waals surface area contributed by atoms with Crippen molar-refractivity contribution in [2.24, 2.45) is 0 Å². The first-order valence-corrected chi connectivity index (χ1v) is 7.14. The van der Waals surface area contributed by atoms with Gasteiger partial charge in [-0.3, -0.25) is 10.1 Å². The topological polar surface area (TPSA) is 72.6 Å². The van der Waals surface area contributed by atoms with Gasteiger partial charge in [0.1, 0.15) is 12.4 Å². The number of aliphatic hydroxyl groups is 1. The van der Waals surface area contributed by atoms with Gasteiger partial charge in [-0.25, -0.2) is 0 Å². The van der Waals surface area contributed by atoms with Gasteiger partial charge in [0.05, 0.1) is 22.1 Å². The first kappa shape index (κ1) is 15.8. The van der Waals surface area contributed by atoms with E-state index >= 15 is 0 Å². The normalized spacial score (nSPS) is 10.4. The van der Waals surface area contributed by atoms with Crippen molar-refractivity contribution in [3.63, 3.8) is 0 Å². The minimum absolute atomic E-state index is 0.0510. The molecular formula is C14H11BrClNO4. The molecule has 0 radical (unpaired) electrons. The summed E-state index contributed by atoms with van der Waals surface area (Å²) in [5.74, 6) is 0.454. The van der Waals surface area contributed by atoms with E-state index in [2.05, 4.69) is 15.9 Å². The van der Waals surface area contributed by atoms with Crippen molar-refractivity contribution in [2.75, 3.05) is 0 Å². The first-order chi connectivity index (χ1) is 10.0. The Kier molecular flexibility index (Phi) is 5.17. The summed E-state index contributed by atoms with van der Waals surface area (Å²) in [4.78, 5) is 10.5. The minimum Gasteiger partial charge on any atom is -0.488 e. The van der Waals surface area contributed by atoms with E-state index in [4.69, 9.17) is 16.3 Å². The van der Waals surface area contributed by atoms with Crippen LogP contribution in [0.3, 0.4) is 0 Å². The lowest BCUT2D eigenvalue weighted by atomic mass is 10.2. The van der Waals surface area contributed by atoms with Crippen molar-refractivity contribution >= 4 is 33.2 Å². The zero-order chi connectivity index (χ0) is 15.4. The fourth-order valence-electron chi connectivity index (χ4n) is 1.82. The van der Waals surface area contributed by atoms with Gasteiger partial charge in [-0.2, -0.15) is 0 Å². The molecule has 7 heteroatoms. The summed E-state index contributed by atoms with van der Waals surface area (Å²) < 4.78 is 6.38. The van der Waals surface area contributed by atoms with Gasteiger partial charge in [-0.1, -0.05) is 33.6 Å². The van der Waals surface area contributed by atoms with Crippen LogP contribution >= 0.6 is 27.5 Å². The highest BCUT2D eigenvalue weighted by atomic mass is 79.9. The standard InChI is InChI=1S/C14H11BrClNO4/c15-10-4-5-14(9(6-10)7-18)21-8-11-12(16)2-1-3-13(11)17(19)20/h1-6,18H,7-8H2. The predicted molar refractivity (Wildman–Crippen MR) is 82.5 cm³/mol. The zero-order valence-electron chi connectivity index (χ0n) is 10.8. The van der Waals surface area contributed by atoms with Crippen molar-refractivity contribution < 1.29 is 14.8 Å². The highest BCUT2D eigenvalue weighted by Crippen LogP contribution is 2.29. The molecule has 0 aliphatic heterocycles. The van der Waals surface area contributed by atoms with Gasteiger partial charge in [0.15, 0.2) is 0 Å². The predicted octanol–water partition coefficient (Wildman–Crippen LogP) is 4.08. The molecule has 0 fully saturated rings. The molecule has 0 aromatic heterocycles. The molecular weight excluding hydrogens is 362 g/mol. The molecule has 1 N–H and O–H groups in total. The van der Waals surface area contributed by atoms with Gasteiger partial charge in [0, 0.05) is 16.1 Å². The van der Waals surface area contributed by atoms with E-state index < -0.39 is 4.92 Å². The van der Waals surface area contributed by atoms with Crippen molar-refractivity contribution in [3.05, 3.63) is 67.1 Å². The highest BCUT2D eigenvalue weighted by Gasteiger charge is 2.17. The molecule has 0 saturated carbocycles. The highest BCUT2D eigenvalue weighted by molar-refractivity contribution is 9.10. The Morgan fingerprint density at radius 1 is 1.33 bits per heavy atom. The van der Waals surface area contributed by atoms with Gasteiger partial charge in [0.2, 0.25) is 0 Å². The summed E-state index contributed by atoms with van der Waals surface area (Å²) in [5.41, 5.74) is 0.792. The van der Waals surface area contributed by atoms with Crippen LogP contribution in [0, 0.1) is 10.1 Å². The van der Waals surface area contributed by atoms with Gasteiger partial charge in [-0.15, -0.1) is 0 Å². The Labute approximate surface area is 134 Å². The van der Waals surface area contributed by atoms with Gasteiger partial charge >= 0.3 is 0 Å². The molecule has 0 aliphatic rings. The van der Waals surface area contributed by atoms with Crippen LogP contribution in [0.25, 0.3) is 0 Å². The van der Waals surface area contributed by atoms with Crippen LogP contribution in [0.4, 0.5) is 5.69 Å². The fraction of sp³-hybridized carbons (Fsp3) is 0.143. The van der Waals surface area contributed by atoms with Crippen LogP contribution in [0.1, 0.15) is 11.1 Å². The summed E-state index contributed by atoms with van der Waals surface area (Å²) in [6.45, 7) is -0.246. The van der Waals surface area contributed by atoms with E-state index in [1.165, 1.54) is 12.1 Å². The number of ether oxygens (including phenoxy) is 1. The number of hydrogen-bond acceptors (Lipinski definition) is 4. The van der Waals surface area contributed by atoms with Crippen LogP contribution < -0.4 is 4.74 Å². The Balaban J connectivity index is 2.27. The molecule has 2 aromatic rings. The van der Waals surface area contributed by atoms with Crippen molar-refractivity contribution in [2.45, 2.75) is 13.2 Å². The third kappa shape index (κ3) is 3.72. The first-order valence-electron chi connectivity index (χ1n) is 5.96. The van der Waals surface area contributed by atoms with Crippen molar-refractivity contribution in [3.8, 4) is 5.75 Å². The van der Waals surface area contributed by atoms with E-state index in [9.17, 15) is 15.2 Å². The largest absolute Gasteiger partial charge is 0.488 e. The SMILES string of the molecule is O=[N+]([O-])c1cccc(Cl)c1COc1ccc(Br)cc1CO. The zero-order valence-corrected chi connectivity index (χ0v) is 13.1. The maximum atomic E-state index is 11.0. The smallest absolute Gasteiger partial charge is 0.277 e. The second-order valence-electron chi connectivity index (χ2n) is 4.19. The molecule has 0 heterocycles. The van der Waals surface area contributed by atoms with Gasteiger partial charge in [0.25, 0.3) is 5.69 Å². The maximum absolute atomic E-state index is 11.0. The molecule has 110 valence electrons. The van der Waals surface area contributed by atoms with Crippen LogP contribution in [0.15, 0.2) is 40.9 Å². The average Bonchev–Trinajstić information content (AvgIpc) is 2.46. The van der Waals surface area contributed by atoms with Gasteiger partial charge < -0.3 is 9.84 Å². The summed E-state index contributed by atoms with van der Waals surface area (Å²) in [6, 6.07) is 9.62. The number of benzene rings is 2. The van der Waals surface area contributed by atoms with Crippen LogP contribution in [0.2, 0.25) is 5.02 Å². The molecule has 0 unspecified atom stereocenters. The molecule has 21 heavy (non-hydrogen) atoms. The molecule has 0 saturated heterocycles. The van der Waals surface area contributed by atoms with E-state index in [0.717, 1.165) is 4.47 Å². The Morgan fingerprint density at radius 3 is 2.76 bits per heavy atom. The third-order valence-corrected chi connectivity index (χ3v) is 3.70. The Morgan fingerprint density at radius 2 is 2.10 bits per heavy atom. The van der Waals surface area contributed by atoms with E-state index in [1.54, 1.807) is 24.3 Å². The van der Waals surface area contributed by atoms with Gasteiger partial charge in [-0.05, 0) is 24.3 Å². The molecule has 0 bridgehead atoms. The Bertz CT molecular complexity index is 678. The second-order valence-corrected chi connectivity index (χ2v) is 5.52. The number of rotatable bonds is 5. The van der Waals surface area contributed by atoms with Crippen LogP contribution in [-0.2, 0) is 13.2 Å². The van der Waals surface area contributed by atoms with Crippen molar-refractivity contribution in [1.82, 2.24) is 0 Å². The summed E-state index contributed by atoms with van der Waals surface area (Å²) in [7, 11) is 0. The van der Waals surface area contributed by atoms with Crippen molar-refractivity contribution in [1.29, 1.82) is 0 Å². The number of halogens is 2. The molecule has 2 aromatic carbocycles. The van der Waals surface area contributed by atoms with E-state index in [1.807, 2.05) is 0 Å². The number of hydrogen-bond donors (Lipinski definition) is 1. The fourth-order valence-corrected chi connectivity index (χ4v) is 2.46. The number of nitrogens with zero attached hydrogens (tertiary/aromatic N) is 1. The minimum atomic E-state index is -0.501. The van der Waals surface area contributed by atoms with E-state index in [-0.39, 0.29) is 23.9 Å². The summed E-state index contributed by atoms with van der Waals surface area (Å²) >= 11 is 9.30. The average molecular weight is 373 g/mol. The quantitative estimate of drug-likeness (QED) is 0.634. The number of aliphatic hydroxyl groups excluding tert-OH is 1. The number of nitro benzene ring substituents is 1. The van der Waals surface area contributed by atoms with Crippen LogP contribution in [-0.4, -0.2) is 10.0 Å². The van der Waals surface area contributed by atoms with E-state index in [0.29, 0.717) is 16.9 Å². The Hall–Kier alpha value is -1.63. The molecule has 0 spiro atoms. The lowest BCUT2D eigenvalue weighted by Gasteiger charge is -2.11. The summed E-state index contributed by atoms with van der Waals surface area (Å²) in [6.07, 6.45) is 0. The monoisotopic (exact) mass is 371 g/mol. The summed E-state index contributed by atoms with van der Waals surface area (Å²) in [5, 5.41) is 20.6. The molecule has 0 atom stereocenters. The van der Waals surface area contributed by atoms with Crippen LogP contribution in [0.5, 0.6) is 5.75 Å². The lowest BCUT2D eigenvalue weighted by Crippen LogP contribution is -2.03.